The van der Waals surface area contributed by atoms with Gasteiger partial charge in [-0.05, 0) is 30.7 Å². The first-order valence-corrected chi connectivity index (χ1v) is 10.0. The lowest BCUT2D eigenvalue weighted by Crippen LogP contribution is -2.62. The summed E-state index contributed by atoms with van der Waals surface area (Å²) >= 11 is 0. The van der Waals surface area contributed by atoms with Crippen LogP contribution in [0.5, 0.6) is 0 Å². The summed E-state index contributed by atoms with van der Waals surface area (Å²) in [6.07, 6.45) is 6.55. The summed E-state index contributed by atoms with van der Waals surface area (Å²) in [5.74, 6) is 0.451. The van der Waals surface area contributed by atoms with Crippen LogP contribution < -0.4 is 0 Å². The first-order valence-electron chi connectivity index (χ1n) is 8.68. The van der Waals surface area contributed by atoms with Crippen molar-refractivity contribution in [2.75, 3.05) is 5.75 Å². The van der Waals surface area contributed by atoms with Crippen molar-refractivity contribution in [3.05, 3.63) is 58.2 Å². The summed E-state index contributed by atoms with van der Waals surface area (Å²) < 4.78 is 12.7. The highest BCUT2D eigenvalue weighted by atomic mass is 32.2. The van der Waals surface area contributed by atoms with Gasteiger partial charge in [0.25, 0.3) is 0 Å². The quantitative estimate of drug-likeness (QED) is 0.458. The molecule has 3 rings (SSSR count). The Hall–Kier alpha value is -1.49. The van der Waals surface area contributed by atoms with Crippen molar-refractivity contribution in [1.29, 1.82) is 0 Å². The number of hydrogen-bond donors (Lipinski definition) is 0. The number of nitrogens with zero attached hydrogens (tertiary/aromatic N) is 1. The van der Waals surface area contributed by atoms with Crippen molar-refractivity contribution < 1.29 is 9.13 Å². The van der Waals surface area contributed by atoms with Crippen molar-refractivity contribution in [2.24, 2.45) is 5.92 Å². The average molecular weight is 347 g/mol. The summed E-state index contributed by atoms with van der Waals surface area (Å²) in [6, 6.07) is 10.0. The van der Waals surface area contributed by atoms with Gasteiger partial charge in [-0.3, -0.25) is 14.3 Å². The molecule has 0 heterocycles. The van der Waals surface area contributed by atoms with Crippen LogP contribution in [-0.2, 0) is 10.8 Å². The first-order chi connectivity index (χ1) is 11.4. The van der Waals surface area contributed by atoms with Gasteiger partial charge in [-0.2, -0.15) is 0 Å². The predicted octanol–water partition coefficient (Wildman–Crippen LogP) is 4.07. The molecule has 5 atom stereocenters. The molecule has 1 saturated carbocycles. The highest BCUT2D eigenvalue weighted by molar-refractivity contribution is 7.86. The Morgan fingerprint density at radius 2 is 2.04 bits per heavy atom. The number of allylic oxidation sites excluding steroid dienone is 1. The van der Waals surface area contributed by atoms with Crippen molar-refractivity contribution in [3.63, 3.8) is 0 Å². The molecule has 0 unspecified atom stereocenters. The van der Waals surface area contributed by atoms with Crippen LogP contribution in [0.15, 0.2) is 42.5 Å². The average Bonchev–Trinajstić information content (AvgIpc) is 2.99. The Morgan fingerprint density at radius 1 is 1.33 bits per heavy atom. The second-order valence-electron chi connectivity index (χ2n) is 7.27. The minimum Gasteiger partial charge on any atom is -0.264 e. The number of nitro groups is 1. The zero-order valence-corrected chi connectivity index (χ0v) is 15.1. The molecule has 2 aliphatic rings. The van der Waals surface area contributed by atoms with Gasteiger partial charge in [-0.25, -0.2) is 0 Å². The van der Waals surface area contributed by atoms with E-state index in [0.717, 1.165) is 12.0 Å². The molecule has 0 bridgehead atoms. The standard InChI is InChI=1S/C19H25NO3S/c1-15(17-9-4-3-5-10-17)14-24(23)18-11-6-8-16(2)19(18,20(21)22)13-7-12-18/h3-6,8-10,15-16H,7,11-14H2,1-2H3/t15-,16+,18+,19+,24-/m1/s1. The molecule has 4 nitrogen and oxygen atoms in total. The van der Waals surface area contributed by atoms with Crippen LogP contribution in [0.4, 0.5) is 0 Å². The van der Waals surface area contributed by atoms with Gasteiger partial charge in [0, 0.05) is 33.8 Å². The molecule has 0 aliphatic heterocycles. The lowest BCUT2D eigenvalue weighted by molar-refractivity contribution is -0.582. The maximum absolute atomic E-state index is 13.4. The van der Waals surface area contributed by atoms with E-state index in [2.05, 4.69) is 6.92 Å². The van der Waals surface area contributed by atoms with Crippen LogP contribution in [0.2, 0.25) is 0 Å². The summed E-state index contributed by atoms with van der Waals surface area (Å²) in [6.45, 7) is 3.98. The molecule has 1 fully saturated rings. The topological polar surface area (TPSA) is 60.2 Å². The van der Waals surface area contributed by atoms with Crippen LogP contribution in [-0.4, -0.2) is 25.2 Å². The molecule has 0 amide bonds. The molecule has 130 valence electrons. The highest BCUT2D eigenvalue weighted by Crippen LogP contribution is 2.54. The van der Waals surface area contributed by atoms with Gasteiger partial charge in [0.15, 0.2) is 0 Å². The van der Waals surface area contributed by atoms with Crippen LogP contribution >= 0.6 is 0 Å². The van der Waals surface area contributed by atoms with E-state index in [0.29, 0.717) is 25.0 Å². The third kappa shape index (κ3) is 2.44. The molecule has 0 radical (unpaired) electrons. The van der Waals surface area contributed by atoms with Gasteiger partial charge < -0.3 is 0 Å². The second kappa shape index (κ2) is 6.43. The Bertz CT molecular complexity index is 674. The van der Waals surface area contributed by atoms with E-state index >= 15 is 0 Å². The maximum Gasteiger partial charge on any atom is 0.245 e. The SMILES string of the molecule is C[C@H](C[S@@](=O)[C@]12CC=C[C@H](C)[C@@]1([N+](=O)[O-])CCC2)c1ccccc1. The molecule has 0 N–H and O–H groups in total. The van der Waals surface area contributed by atoms with Gasteiger partial charge in [-0.1, -0.05) is 56.3 Å². The maximum atomic E-state index is 13.4. The van der Waals surface area contributed by atoms with Crippen molar-refractivity contribution >= 4 is 10.8 Å². The molecule has 0 saturated heterocycles. The van der Waals surface area contributed by atoms with E-state index < -0.39 is 21.1 Å². The lowest BCUT2D eigenvalue weighted by Gasteiger charge is -2.43. The molecule has 1 aromatic carbocycles. The van der Waals surface area contributed by atoms with Crippen LogP contribution in [0.3, 0.4) is 0 Å². The Morgan fingerprint density at radius 3 is 2.71 bits per heavy atom. The number of fused-ring (bicyclic) bond motifs is 1. The van der Waals surface area contributed by atoms with E-state index in [9.17, 15) is 14.3 Å². The van der Waals surface area contributed by atoms with Crippen molar-refractivity contribution in [2.45, 2.75) is 55.7 Å². The molecule has 5 heteroatoms. The Balaban J connectivity index is 1.92. The van der Waals surface area contributed by atoms with Crippen LogP contribution in [0.1, 0.15) is 51.0 Å². The summed E-state index contributed by atoms with van der Waals surface area (Å²) in [7, 11) is -1.24. The van der Waals surface area contributed by atoms with E-state index in [4.69, 9.17) is 0 Å². The third-order valence-corrected chi connectivity index (χ3v) is 8.48. The zero-order chi connectivity index (χ0) is 17.4. The first kappa shape index (κ1) is 17.3. The molecule has 2 aliphatic carbocycles. The predicted molar refractivity (Wildman–Crippen MR) is 97.1 cm³/mol. The van der Waals surface area contributed by atoms with Crippen LogP contribution in [0, 0.1) is 16.0 Å². The van der Waals surface area contributed by atoms with Gasteiger partial charge in [-0.15, -0.1) is 0 Å². The summed E-state index contributed by atoms with van der Waals surface area (Å²) in [4.78, 5) is 12.0. The number of hydrogen-bond acceptors (Lipinski definition) is 3. The monoisotopic (exact) mass is 347 g/mol. The zero-order valence-electron chi connectivity index (χ0n) is 14.3. The lowest BCUT2D eigenvalue weighted by atomic mass is 9.71. The Kier molecular flexibility index (Phi) is 4.65. The molecule has 0 spiro atoms. The van der Waals surface area contributed by atoms with Gasteiger partial charge in [0.05, 0.1) is 0 Å². The Labute approximate surface area is 146 Å². The van der Waals surface area contributed by atoms with Gasteiger partial charge >= 0.3 is 0 Å². The fourth-order valence-corrected chi connectivity index (χ4v) is 7.10. The van der Waals surface area contributed by atoms with Crippen molar-refractivity contribution in [3.8, 4) is 0 Å². The van der Waals surface area contributed by atoms with Crippen molar-refractivity contribution in [1.82, 2.24) is 0 Å². The smallest absolute Gasteiger partial charge is 0.245 e. The summed E-state index contributed by atoms with van der Waals surface area (Å²) in [5.41, 5.74) is 0.0783. The fraction of sp³-hybridized carbons (Fsp3) is 0.579. The molecule has 0 aromatic heterocycles. The molecular weight excluding hydrogens is 322 g/mol. The largest absolute Gasteiger partial charge is 0.264 e. The summed E-state index contributed by atoms with van der Waals surface area (Å²) in [5, 5.41) is 12.1. The molecule has 1 aromatic rings. The van der Waals surface area contributed by atoms with E-state index in [-0.39, 0.29) is 16.8 Å². The van der Waals surface area contributed by atoms with E-state index in [1.165, 1.54) is 0 Å². The minimum absolute atomic E-state index is 0.112. The van der Waals surface area contributed by atoms with E-state index in [1.807, 2.05) is 49.4 Å². The third-order valence-electron chi connectivity index (χ3n) is 6.08. The van der Waals surface area contributed by atoms with E-state index in [1.54, 1.807) is 0 Å². The second-order valence-corrected chi connectivity index (χ2v) is 9.08. The molecular formula is C19H25NO3S. The number of benzene rings is 1. The van der Waals surface area contributed by atoms with Crippen LogP contribution in [0.25, 0.3) is 0 Å². The number of rotatable bonds is 5. The minimum atomic E-state index is -1.24. The van der Waals surface area contributed by atoms with Gasteiger partial charge in [0.1, 0.15) is 4.75 Å². The normalized spacial score (nSPS) is 34.5. The molecule has 24 heavy (non-hydrogen) atoms. The van der Waals surface area contributed by atoms with Gasteiger partial charge in [0.2, 0.25) is 5.54 Å². The highest BCUT2D eigenvalue weighted by Gasteiger charge is 2.69. The fourth-order valence-electron chi connectivity index (χ4n) is 4.72.